The van der Waals surface area contributed by atoms with E-state index >= 15 is 0 Å². The molecule has 1 aromatic carbocycles. The number of carbonyl (C=O) groups is 1. The number of rotatable bonds is 10. The van der Waals surface area contributed by atoms with Crippen LogP contribution in [0.25, 0.3) is 17.3 Å². The minimum absolute atomic E-state index is 0.116. The first-order valence-corrected chi connectivity index (χ1v) is 14.4. The highest BCUT2D eigenvalue weighted by molar-refractivity contribution is 5.81. The van der Waals surface area contributed by atoms with Crippen molar-refractivity contribution < 1.29 is 27.8 Å². The molecule has 222 valence electrons. The average molecular weight is 581 g/mol. The van der Waals surface area contributed by atoms with Gasteiger partial charge in [0.05, 0.1) is 46.5 Å². The molecule has 1 aliphatic carbocycles. The molecule has 1 saturated heterocycles. The van der Waals surface area contributed by atoms with Crippen LogP contribution in [0.4, 0.5) is 13.2 Å². The van der Waals surface area contributed by atoms with Gasteiger partial charge in [-0.25, -0.2) is 4.98 Å². The molecule has 10 heteroatoms. The molecule has 0 bridgehead atoms. The molecule has 2 aliphatic rings. The van der Waals surface area contributed by atoms with Crippen LogP contribution >= 0.6 is 0 Å². The highest BCUT2D eigenvalue weighted by Gasteiger charge is 2.51. The van der Waals surface area contributed by atoms with Crippen LogP contribution in [0.5, 0.6) is 0 Å². The Hall–Kier alpha value is -3.63. The Kier molecular flexibility index (Phi) is 8.75. The maximum Gasteiger partial charge on any atom is 0.417 e. The fraction of sp³-hybridized carbons (Fsp3) is 0.438. The highest BCUT2D eigenvalue weighted by Crippen LogP contribution is 2.38. The zero-order valence-electron chi connectivity index (χ0n) is 23.7. The minimum Gasteiger partial charge on any atom is -0.363 e. The van der Waals surface area contributed by atoms with Crippen LogP contribution in [0.3, 0.4) is 0 Å². The zero-order valence-corrected chi connectivity index (χ0v) is 23.7. The van der Waals surface area contributed by atoms with Gasteiger partial charge in [0, 0.05) is 18.2 Å². The average Bonchev–Trinajstić information content (AvgIpc) is 3.59. The molecule has 4 unspecified atom stereocenters. The number of unbranched alkanes of at least 4 members (excludes halogenated alkanes) is 1. The monoisotopic (exact) mass is 580 g/mol. The largest absolute Gasteiger partial charge is 0.417 e. The van der Waals surface area contributed by atoms with Crippen LogP contribution in [0.2, 0.25) is 0 Å². The molecule has 1 aliphatic heterocycles. The third-order valence-corrected chi connectivity index (χ3v) is 7.96. The third kappa shape index (κ3) is 7.04. The second-order valence-electron chi connectivity index (χ2n) is 11.1. The Morgan fingerprint density at radius 1 is 1.21 bits per heavy atom. The van der Waals surface area contributed by atoms with Crippen molar-refractivity contribution in [3.63, 3.8) is 0 Å². The standard InChI is InChI=1S/C32H35F3N4O3/c1-20(30(40)39-27-13-8-11-23-17-24(32(33,34)35)18-37-28(23)27)14-15-25-19-36-26(12-6-7-16-31(41)21(2)42-31)29(38-25)22-9-4-3-5-10-22/h3-5,9-10,14-15,17-21,27,41H,6-8,11-13,16H2,1-2H3,(H,39,40)/b15-14-. The molecular weight excluding hydrogens is 545 g/mol. The number of fused-ring (bicyclic) bond motifs is 1. The number of ether oxygens (including phenoxy) is 1. The Balaban J connectivity index is 1.24. The van der Waals surface area contributed by atoms with Gasteiger partial charge in [0.2, 0.25) is 5.91 Å². The van der Waals surface area contributed by atoms with E-state index in [1.165, 1.54) is 0 Å². The van der Waals surface area contributed by atoms with Crippen LogP contribution in [-0.4, -0.2) is 37.9 Å². The van der Waals surface area contributed by atoms with Gasteiger partial charge in [-0.2, -0.15) is 13.2 Å². The number of amides is 1. The molecule has 3 heterocycles. The van der Waals surface area contributed by atoms with Crippen LogP contribution < -0.4 is 5.32 Å². The minimum atomic E-state index is -4.45. The van der Waals surface area contributed by atoms with Crippen molar-refractivity contribution in [2.75, 3.05) is 0 Å². The molecule has 2 N–H and O–H groups in total. The number of alkyl halides is 3. The van der Waals surface area contributed by atoms with Crippen LogP contribution in [0.1, 0.15) is 80.2 Å². The van der Waals surface area contributed by atoms with E-state index in [0.29, 0.717) is 49.1 Å². The number of halogens is 3. The number of aliphatic hydroxyl groups is 1. The molecule has 7 nitrogen and oxygen atoms in total. The summed E-state index contributed by atoms with van der Waals surface area (Å²) in [6.45, 7) is 3.62. The number of nitrogens with zero attached hydrogens (tertiary/aromatic N) is 3. The second-order valence-corrected chi connectivity index (χ2v) is 11.1. The zero-order chi connectivity index (χ0) is 29.9. The fourth-order valence-electron chi connectivity index (χ4n) is 5.32. The molecule has 2 aromatic heterocycles. The second kappa shape index (κ2) is 12.3. The lowest BCUT2D eigenvalue weighted by Gasteiger charge is -2.26. The molecule has 0 spiro atoms. The van der Waals surface area contributed by atoms with E-state index in [4.69, 9.17) is 9.72 Å². The van der Waals surface area contributed by atoms with Crippen molar-refractivity contribution in [3.8, 4) is 11.3 Å². The van der Waals surface area contributed by atoms with Gasteiger partial charge in [0.25, 0.3) is 0 Å². The van der Waals surface area contributed by atoms with E-state index in [1.807, 2.05) is 37.3 Å². The number of pyridine rings is 1. The Morgan fingerprint density at radius 3 is 2.69 bits per heavy atom. The number of benzene rings is 1. The van der Waals surface area contributed by atoms with Gasteiger partial charge in [-0.3, -0.25) is 14.8 Å². The first kappa shape index (κ1) is 29.8. The van der Waals surface area contributed by atoms with Gasteiger partial charge in [0.1, 0.15) is 6.10 Å². The molecule has 1 amide bonds. The molecular formula is C32H35F3N4O3. The van der Waals surface area contributed by atoms with Crippen molar-refractivity contribution in [1.82, 2.24) is 20.3 Å². The van der Waals surface area contributed by atoms with Crippen LogP contribution in [0.15, 0.2) is 54.9 Å². The lowest BCUT2D eigenvalue weighted by atomic mass is 9.90. The molecule has 3 aromatic rings. The van der Waals surface area contributed by atoms with E-state index in [9.17, 15) is 23.1 Å². The number of aromatic nitrogens is 3. The number of epoxide rings is 1. The third-order valence-electron chi connectivity index (χ3n) is 7.96. The molecule has 5 rings (SSSR count). The van der Waals surface area contributed by atoms with Gasteiger partial charge in [-0.15, -0.1) is 0 Å². The van der Waals surface area contributed by atoms with Gasteiger partial charge >= 0.3 is 6.18 Å². The van der Waals surface area contributed by atoms with Gasteiger partial charge in [-0.05, 0) is 63.2 Å². The highest BCUT2D eigenvalue weighted by atomic mass is 19.4. The first-order chi connectivity index (χ1) is 20.0. The molecule has 4 atom stereocenters. The lowest BCUT2D eigenvalue weighted by Crippen LogP contribution is -2.34. The van der Waals surface area contributed by atoms with Crippen molar-refractivity contribution in [1.29, 1.82) is 0 Å². The number of hydrogen-bond donors (Lipinski definition) is 2. The maximum atomic E-state index is 13.1. The van der Waals surface area contributed by atoms with E-state index in [2.05, 4.69) is 15.3 Å². The first-order valence-electron chi connectivity index (χ1n) is 14.4. The van der Waals surface area contributed by atoms with Crippen molar-refractivity contribution >= 4 is 12.0 Å². The number of aryl methyl sites for hydroxylation is 2. The van der Waals surface area contributed by atoms with Gasteiger partial charge in [-0.1, -0.05) is 43.3 Å². The summed E-state index contributed by atoms with van der Waals surface area (Å²) >= 11 is 0. The Labute approximate surface area is 243 Å². The summed E-state index contributed by atoms with van der Waals surface area (Å²) in [4.78, 5) is 26.6. The summed E-state index contributed by atoms with van der Waals surface area (Å²) in [7, 11) is 0. The Bertz CT molecular complexity index is 1450. The SMILES string of the molecule is CC(/C=C\c1cnc(CCCCC2(O)OC2C)c(-c2ccccc2)n1)C(=O)NC1CCCc2cc(C(F)(F)F)cnc21. The summed E-state index contributed by atoms with van der Waals surface area (Å²) in [5.74, 6) is -1.74. The topological polar surface area (TPSA) is 101 Å². The molecule has 0 saturated carbocycles. The summed E-state index contributed by atoms with van der Waals surface area (Å²) in [5.41, 5.74) is 3.44. The molecule has 42 heavy (non-hydrogen) atoms. The fourth-order valence-corrected chi connectivity index (χ4v) is 5.32. The molecule has 0 radical (unpaired) electrons. The van der Waals surface area contributed by atoms with Crippen LogP contribution in [-0.2, 0) is 28.5 Å². The van der Waals surface area contributed by atoms with Gasteiger partial charge < -0.3 is 15.2 Å². The lowest BCUT2D eigenvalue weighted by molar-refractivity contribution is -0.138. The van der Waals surface area contributed by atoms with Crippen molar-refractivity contribution in [2.24, 2.45) is 5.92 Å². The van der Waals surface area contributed by atoms with E-state index in [-0.39, 0.29) is 12.0 Å². The summed E-state index contributed by atoms with van der Waals surface area (Å²) in [5, 5.41) is 13.1. The van der Waals surface area contributed by atoms with E-state index in [1.54, 1.807) is 25.3 Å². The van der Waals surface area contributed by atoms with E-state index < -0.39 is 29.5 Å². The predicted molar refractivity (Wildman–Crippen MR) is 152 cm³/mol. The quantitative estimate of drug-likeness (QED) is 0.218. The number of hydrogen-bond acceptors (Lipinski definition) is 6. The predicted octanol–water partition coefficient (Wildman–Crippen LogP) is 6.22. The number of nitrogens with one attached hydrogen (secondary N) is 1. The smallest absolute Gasteiger partial charge is 0.363 e. The van der Waals surface area contributed by atoms with Crippen molar-refractivity contribution in [2.45, 2.75) is 82.9 Å². The van der Waals surface area contributed by atoms with Gasteiger partial charge in [0.15, 0.2) is 5.79 Å². The van der Waals surface area contributed by atoms with E-state index in [0.717, 1.165) is 42.1 Å². The summed E-state index contributed by atoms with van der Waals surface area (Å²) in [6, 6.07) is 10.5. The van der Waals surface area contributed by atoms with Crippen molar-refractivity contribution in [3.05, 3.63) is 83.1 Å². The van der Waals surface area contributed by atoms with Crippen LogP contribution in [0, 0.1) is 5.92 Å². The molecule has 1 fully saturated rings. The normalized spacial score (nSPS) is 22.5. The summed E-state index contributed by atoms with van der Waals surface area (Å²) < 4.78 is 44.6. The summed E-state index contributed by atoms with van der Waals surface area (Å²) in [6.07, 6.45) is 6.16. The number of carbonyl (C=O) groups excluding carboxylic acids is 1. The maximum absolute atomic E-state index is 13.1. The Morgan fingerprint density at radius 2 is 1.98 bits per heavy atom.